The molecule has 0 radical (unpaired) electrons. The Bertz CT molecular complexity index is 688. The maximum atomic E-state index is 12.4. The van der Waals surface area contributed by atoms with Crippen LogP contribution in [0.25, 0.3) is 0 Å². The Hall–Kier alpha value is -1.93. The third-order valence-electron chi connectivity index (χ3n) is 4.15. The molecule has 2 atom stereocenters. The highest BCUT2D eigenvalue weighted by Gasteiger charge is 2.32. The lowest BCUT2D eigenvalue weighted by atomic mass is 10.1. The predicted octanol–water partition coefficient (Wildman–Crippen LogP) is 1.44. The van der Waals surface area contributed by atoms with Crippen LogP contribution >= 0.6 is 11.3 Å². The number of carbonyl (C=O) groups excluding carboxylic acids is 1. The van der Waals surface area contributed by atoms with E-state index in [1.807, 2.05) is 17.5 Å². The van der Waals surface area contributed by atoms with Crippen LogP contribution in [0.4, 0.5) is 5.69 Å². The summed E-state index contributed by atoms with van der Waals surface area (Å²) in [6, 6.07) is 9.89. The van der Waals surface area contributed by atoms with E-state index < -0.39 is 6.04 Å². The Morgan fingerprint density at radius 2 is 2.08 bits per heavy atom. The molecule has 7 heteroatoms. The average molecular weight is 345 g/mol. The van der Waals surface area contributed by atoms with Crippen LogP contribution < -0.4 is 27.0 Å². The molecule has 1 saturated heterocycles. The maximum Gasteiger partial charge on any atom is 0.242 e. The summed E-state index contributed by atoms with van der Waals surface area (Å²) in [5.41, 5.74) is 12.3. The first-order valence-corrected chi connectivity index (χ1v) is 8.91. The van der Waals surface area contributed by atoms with Gasteiger partial charge >= 0.3 is 0 Å². The molecule has 1 amide bonds. The minimum absolute atomic E-state index is 0.0367. The largest absolute Gasteiger partial charge is 0.367 e. The fourth-order valence-corrected chi connectivity index (χ4v) is 3.29. The highest BCUT2D eigenvalue weighted by Crippen LogP contribution is 2.16. The summed E-state index contributed by atoms with van der Waals surface area (Å²) in [6.45, 7) is 4.79. The second kappa shape index (κ2) is 7.76. The Kier molecular flexibility index (Phi) is 5.47. The van der Waals surface area contributed by atoms with Gasteiger partial charge < -0.3 is 10.6 Å². The zero-order valence-corrected chi connectivity index (χ0v) is 14.7. The molecule has 1 aromatic carbocycles. The fourth-order valence-electron chi connectivity index (χ4n) is 2.58. The molecule has 3 rings (SSSR count). The number of amides is 1. The number of carbonyl (C=O) groups is 1. The molecule has 0 bridgehead atoms. The van der Waals surface area contributed by atoms with E-state index in [-0.39, 0.29) is 12.1 Å². The maximum absolute atomic E-state index is 12.4. The zero-order valence-electron chi connectivity index (χ0n) is 13.8. The molecule has 6 nitrogen and oxygen atoms in total. The second-order valence-corrected chi connectivity index (χ2v) is 6.97. The van der Waals surface area contributed by atoms with Crippen LogP contribution in [0, 0.1) is 13.8 Å². The van der Waals surface area contributed by atoms with Crippen molar-refractivity contribution < 1.29 is 4.79 Å². The third-order valence-corrected chi connectivity index (χ3v) is 5.09. The van der Waals surface area contributed by atoms with Crippen LogP contribution in [-0.4, -0.2) is 24.7 Å². The van der Waals surface area contributed by atoms with Crippen molar-refractivity contribution in [1.82, 2.24) is 21.7 Å². The number of anilines is 1. The van der Waals surface area contributed by atoms with E-state index in [1.54, 1.807) is 11.3 Å². The molecule has 2 unspecified atom stereocenters. The fraction of sp³-hybridized carbons (Fsp3) is 0.353. The number of benzene rings is 1. The molecule has 0 saturated carbocycles. The molecule has 2 heterocycles. The lowest BCUT2D eigenvalue weighted by Gasteiger charge is -2.20. The first-order chi connectivity index (χ1) is 11.6. The summed E-state index contributed by atoms with van der Waals surface area (Å²) in [6.07, 6.45) is 0.625. The van der Waals surface area contributed by atoms with Gasteiger partial charge in [-0.3, -0.25) is 4.79 Å². The van der Waals surface area contributed by atoms with Gasteiger partial charge in [-0.1, -0.05) is 12.1 Å². The topological polar surface area (TPSA) is 77.2 Å². The quantitative estimate of drug-likeness (QED) is 0.548. The van der Waals surface area contributed by atoms with Crippen molar-refractivity contribution in [2.24, 2.45) is 0 Å². The van der Waals surface area contributed by atoms with Crippen molar-refractivity contribution in [3.63, 3.8) is 0 Å². The van der Waals surface area contributed by atoms with Gasteiger partial charge in [0.2, 0.25) is 5.91 Å². The van der Waals surface area contributed by atoms with Gasteiger partial charge in [-0.05, 0) is 55.0 Å². The van der Waals surface area contributed by atoms with E-state index in [2.05, 4.69) is 59.1 Å². The lowest BCUT2D eigenvalue weighted by molar-refractivity contribution is -0.123. The molecule has 0 aliphatic carbocycles. The molecule has 0 spiro atoms. The van der Waals surface area contributed by atoms with Gasteiger partial charge in [-0.2, -0.15) is 5.53 Å². The van der Waals surface area contributed by atoms with Crippen molar-refractivity contribution >= 4 is 22.9 Å². The highest BCUT2D eigenvalue weighted by atomic mass is 32.1. The first-order valence-electron chi connectivity index (χ1n) is 8.03. The Morgan fingerprint density at radius 1 is 1.21 bits per heavy atom. The standard InChI is InChI=1S/C17H23N5OS/c1-11-5-6-13(10-12(11)2)19-16-15(20-22-21-16)17(23)18-8-7-14-4-3-9-24-14/h3-6,9-10,15-16,19-22H,7-8H2,1-2H3,(H,18,23). The predicted molar refractivity (Wildman–Crippen MR) is 97.6 cm³/mol. The third kappa shape index (κ3) is 4.12. The van der Waals surface area contributed by atoms with Crippen molar-refractivity contribution in [3.8, 4) is 0 Å². The van der Waals surface area contributed by atoms with E-state index in [4.69, 9.17) is 0 Å². The van der Waals surface area contributed by atoms with E-state index >= 15 is 0 Å². The van der Waals surface area contributed by atoms with Gasteiger partial charge in [-0.25, -0.2) is 10.9 Å². The van der Waals surface area contributed by atoms with Gasteiger partial charge in [0.25, 0.3) is 0 Å². The van der Waals surface area contributed by atoms with Gasteiger partial charge in [0.05, 0.1) is 0 Å². The number of nitrogens with one attached hydrogen (secondary N) is 5. The van der Waals surface area contributed by atoms with E-state index in [0.717, 1.165) is 12.1 Å². The summed E-state index contributed by atoms with van der Waals surface area (Å²) in [5.74, 6) is -0.0367. The lowest BCUT2D eigenvalue weighted by Crippen LogP contribution is -2.50. The number of hydrogen-bond acceptors (Lipinski definition) is 6. The smallest absolute Gasteiger partial charge is 0.242 e. The molecule has 1 aliphatic rings. The van der Waals surface area contributed by atoms with Crippen LogP contribution in [0.15, 0.2) is 35.7 Å². The number of hydrogen-bond donors (Lipinski definition) is 5. The van der Waals surface area contributed by atoms with Gasteiger partial charge in [0.15, 0.2) is 0 Å². The SMILES string of the molecule is Cc1ccc(NC2NNNC2C(=O)NCCc2cccs2)cc1C. The number of thiophene rings is 1. The molecular weight excluding hydrogens is 322 g/mol. The summed E-state index contributed by atoms with van der Waals surface area (Å²) in [7, 11) is 0. The summed E-state index contributed by atoms with van der Waals surface area (Å²) in [4.78, 5) is 13.7. The minimum atomic E-state index is -0.394. The van der Waals surface area contributed by atoms with Crippen LogP contribution in [0.2, 0.25) is 0 Å². The van der Waals surface area contributed by atoms with Crippen LogP contribution in [0.1, 0.15) is 16.0 Å². The number of rotatable bonds is 6. The van der Waals surface area contributed by atoms with Crippen molar-refractivity contribution in [3.05, 3.63) is 51.7 Å². The van der Waals surface area contributed by atoms with Gasteiger partial charge in [0.1, 0.15) is 12.2 Å². The van der Waals surface area contributed by atoms with E-state index in [0.29, 0.717) is 6.54 Å². The van der Waals surface area contributed by atoms with Crippen LogP contribution in [0.5, 0.6) is 0 Å². The molecule has 1 aliphatic heterocycles. The average Bonchev–Trinajstić information content (AvgIpc) is 3.22. The van der Waals surface area contributed by atoms with Gasteiger partial charge in [0, 0.05) is 17.1 Å². The summed E-state index contributed by atoms with van der Waals surface area (Å²) >= 11 is 1.71. The normalized spacial score (nSPS) is 20.1. The van der Waals surface area contributed by atoms with Crippen molar-refractivity contribution in [2.45, 2.75) is 32.5 Å². The second-order valence-electron chi connectivity index (χ2n) is 5.93. The van der Waals surface area contributed by atoms with Gasteiger partial charge in [-0.15, -0.1) is 11.3 Å². The zero-order chi connectivity index (χ0) is 16.9. The monoisotopic (exact) mass is 345 g/mol. The molecule has 5 N–H and O–H groups in total. The molecular formula is C17H23N5OS. The molecule has 24 heavy (non-hydrogen) atoms. The minimum Gasteiger partial charge on any atom is -0.367 e. The first kappa shape index (κ1) is 16.9. The van der Waals surface area contributed by atoms with E-state index in [1.165, 1.54) is 16.0 Å². The molecule has 1 fully saturated rings. The van der Waals surface area contributed by atoms with Crippen LogP contribution in [0.3, 0.4) is 0 Å². The number of hydrazine groups is 2. The Morgan fingerprint density at radius 3 is 2.83 bits per heavy atom. The summed E-state index contributed by atoms with van der Waals surface area (Å²) < 4.78 is 0. The Balaban J connectivity index is 1.54. The highest BCUT2D eigenvalue weighted by molar-refractivity contribution is 7.09. The molecule has 128 valence electrons. The number of aryl methyl sites for hydroxylation is 2. The molecule has 1 aromatic heterocycles. The Labute approximate surface area is 146 Å². The molecule has 2 aromatic rings. The summed E-state index contributed by atoms with van der Waals surface area (Å²) in [5, 5.41) is 8.38. The van der Waals surface area contributed by atoms with Crippen molar-refractivity contribution in [1.29, 1.82) is 0 Å². The van der Waals surface area contributed by atoms with E-state index in [9.17, 15) is 4.79 Å². The van der Waals surface area contributed by atoms with Crippen LogP contribution in [-0.2, 0) is 11.2 Å². The van der Waals surface area contributed by atoms with Crippen molar-refractivity contribution in [2.75, 3.05) is 11.9 Å².